The summed E-state index contributed by atoms with van der Waals surface area (Å²) in [6.07, 6.45) is -2.30. The molecular formula is C30H27F2NO6. The Labute approximate surface area is 223 Å². The SMILES string of the molecule is Cc1cc(C(=O)O)cc([C@@H]2C[C@H](NC(=O)C3(c4ccc5c(c4)OC(F)(F)O5)CC3)C[C@H](c3ccccc3)O2)c1. The third-order valence-corrected chi connectivity index (χ3v) is 7.69. The standard InChI is InChI=1S/C30H27F2NO6/c1-17-11-19(13-20(12-17)27(34)35)25-16-22(15-24(37-25)18-5-3-2-4-6-18)33-28(36)29(9-10-29)21-7-8-23-26(14-21)39-30(31,32)38-23/h2-8,11-14,22,24-25H,9-10,15-16H2,1H3,(H,33,36)(H,34,35)/t22-,24-,25+/m1/s1. The lowest BCUT2D eigenvalue weighted by molar-refractivity contribution is -0.286. The van der Waals surface area contributed by atoms with E-state index >= 15 is 0 Å². The van der Waals surface area contributed by atoms with Gasteiger partial charge in [0.05, 0.1) is 23.2 Å². The molecule has 3 atom stereocenters. The Balaban J connectivity index is 1.26. The quantitative estimate of drug-likeness (QED) is 0.413. The van der Waals surface area contributed by atoms with Crippen LogP contribution in [0.3, 0.4) is 0 Å². The largest absolute Gasteiger partial charge is 0.586 e. The van der Waals surface area contributed by atoms with Crippen molar-refractivity contribution >= 4 is 11.9 Å². The van der Waals surface area contributed by atoms with Gasteiger partial charge in [0, 0.05) is 6.04 Å². The van der Waals surface area contributed by atoms with Crippen LogP contribution in [0.15, 0.2) is 66.7 Å². The molecule has 2 N–H and O–H groups in total. The van der Waals surface area contributed by atoms with Gasteiger partial charge < -0.3 is 24.6 Å². The molecular weight excluding hydrogens is 508 g/mol. The van der Waals surface area contributed by atoms with Gasteiger partial charge in [-0.2, -0.15) is 0 Å². The predicted octanol–water partition coefficient (Wildman–Crippen LogP) is 5.82. The van der Waals surface area contributed by atoms with Crippen LogP contribution >= 0.6 is 0 Å². The minimum Gasteiger partial charge on any atom is -0.478 e. The molecule has 0 aromatic heterocycles. The van der Waals surface area contributed by atoms with Crippen LogP contribution < -0.4 is 14.8 Å². The molecule has 6 rings (SSSR count). The number of hydrogen-bond donors (Lipinski definition) is 2. The number of benzene rings is 3. The third-order valence-electron chi connectivity index (χ3n) is 7.69. The maximum Gasteiger partial charge on any atom is 0.586 e. The van der Waals surface area contributed by atoms with Crippen LogP contribution in [0, 0.1) is 6.92 Å². The van der Waals surface area contributed by atoms with E-state index in [1.54, 1.807) is 18.2 Å². The maximum atomic E-state index is 13.7. The molecule has 1 aliphatic carbocycles. The number of carboxylic acid groups (broad SMARTS) is 1. The zero-order valence-corrected chi connectivity index (χ0v) is 21.2. The molecule has 202 valence electrons. The van der Waals surface area contributed by atoms with Gasteiger partial charge in [0.2, 0.25) is 5.91 Å². The number of carbonyl (C=O) groups excluding carboxylic acids is 1. The number of rotatable bonds is 6. The monoisotopic (exact) mass is 535 g/mol. The number of aromatic carboxylic acids is 1. The fraction of sp³-hybridized carbons (Fsp3) is 0.333. The molecule has 3 aliphatic rings. The smallest absolute Gasteiger partial charge is 0.478 e. The number of carbonyl (C=O) groups is 2. The topological polar surface area (TPSA) is 94.1 Å². The molecule has 0 spiro atoms. The van der Waals surface area contributed by atoms with E-state index in [0.717, 1.165) is 16.7 Å². The van der Waals surface area contributed by atoms with E-state index in [1.807, 2.05) is 43.3 Å². The lowest BCUT2D eigenvalue weighted by Gasteiger charge is -2.37. The van der Waals surface area contributed by atoms with E-state index in [4.69, 9.17) is 4.74 Å². The number of alkyl halides is 2. The van der Waals surface area contributed by atoms with Gasteiger partial charge in [0.1, 0.15) is 0 Å². The molecule has 1 saturated heterocycles. The van der Waals surface area contributed by atoms with E-state index in [2.05, 4.69) is 14.8 Å². The van der Waals surface area contributed by atoms with E-state index in [0.29, 0.717) is 31.2 Å². The van der Waals surface area contributed by atoms with Crippen molar-refractivity contribution in [2.24, 2.45) is 0 Å². The van der Waals surface area contributed by atoms with E-state index in [-0.39, 0.29) is 35.1 Å². The molecule has 2 aliphatic heterocycles. The molecule has 7 nitrogen and oxygen atoms in total. The Morgan fingerprint density at radius 1 is 0.897 bits per heavy atom. The summed E-state index contributed by atoms with van der Waals surface area (Å²) in [5.41, 5.74) is 2.47. The number of hydrogen-bond acceptors (Lipinski definition) is 5. The zero-order valence-electron chi connectivity index (χ0n) is 21.2. The van der Waals surface area contributed by atoms with Crippen LogP contribution in [0.1, 0.15) is 70.5 Å². The lowest BCUT2D eigenvalue weighted by atomic mass is 9.88. The Kier molecular flexibility index (Phi) is 6.06. The Hall–Kier alpha value is -3.98. The van der Waals surface area contributed by atoms with Crippen molar-refractivity contribution < 1.29 is 37.7 Å². The lowest BCUT2D eigenvalue weighted by Crippen LogP contribution is -2.45. The maximum absolute atomic E-state index is 13.7. The summed E-state index contributed by atoms with van der Waals surface area (Å²) < 4.78 is 42.6. The number of amides is 1. The number of nitrogens with one attached hydrogen (secondary N) is 1. The van der Waals surface area contributed by atoms with Crippen LogP contribution in [0.2, 0.25) is 0 Å². The third kappa shape index (κ3) is 4.94. The minimum absolute atomic E-state index is 0.0585. The van der Waals surface area contributed by atoms with Crippen molar-refractivity contribution in [3.63, 3.8) is 0 Å². The van der Waals surface area contributed by atoms with Crippen LogP contribution in [-0.4, -0.2) is 29.3 Å². The van der Waals surface area contributed by atoms with Gasteiger partial charge in [-0.3, -0.25) is 4.79 Å². The summed E-state index contributed by atoms with van der Waals surface area (Å²) in [5.74, 6) is -1.34. The summed E-state index contributed by atoms with van der Waals surface area (Å²) in [7, 11) is 0. The van der Waals surface area contributed by atoms with Crippen molar-refractivity contribution in [2.45, 2.75) is 62.6 Å². The van der Waals surface area contributed by atoms with Gasteiger partial charge >= 0.3 is 12.3 Å². The Morgan fingerprint density at radius 3 is 2.28 bits per heavy atom. The molecule has 9 heteroatoms. The summed E-state index contributed by atoms with van der Waals surface area (Å²) >= 11 is 0. The molecule has 0 bridgehead atoms. The van der Waals surface area contributed by atoms with Crippen molar-refractivity contribution in [1.82, 2.24) is 5.32 Å². The highest BCUT2D eigenvalue weighted by Crippen LogP contribution is 2.52. The highest BCUT2D eigenvalue weighted by atomic mass is 19.3. The van der Waals surface area contributed by atoms with E-state index in [9.17, 15) is 23.5 Å². The number of fused-ring (bicyclic) bond motifs is 1. The summed E-state index contributed by atoms with van der Waals surface area (Å²) in [4.78, 5) is 25.3. The van der Waals surface area contributed by atoms with Gasteiger partial charge in [0.15, 0.2) is 11.5 Å². The van der Waals surface area contributed by atoms with Gasteiger partial charge in [-0.25, -0.2) is 4.79 Å². The van der Waals surface area contributed by atoms with Crippen LogP contribution in [0.5, 0.6) is 11.5 Å². The first-order valence-corrected chi connectivity index (χ1v) is 12.9. The van der Waals surface area contributed by atoms with Crippen LogP contribution in [-0.2, 0) is 14.9 Å². The van der Waals surface area contributed by atoms with Crippen molar-refractivity contribution in [2.75, 3.05) is 0 Å². The molecule has 3 aromatic carbocycles. The van der Waals surface area contributed by atoms with Gasteiger partial charge in [-0.1, -0.05) is 42.5 Å². The number of ether oxygens (including phenoxy) is 3. The molecule has 1 amide bonds. The van der Waals surface area contributed by atoms with Crippen molar-refractivity contribution in [3.05, 3.63) is 94.5 Å². The van der Waals surface area contributed by atoms with Crippen molar-refractivity contribution in [1.29, 1.82) is 0 Å². The fourth-order valence-electron chi connectivity index (χ4n) is 5.60. The second-order valence-corrected chi connectivity index (χ2v) is 10.5. The van der Waals surface area contributed by atoms with Gasteiger partial charge in [0.25, 0.3) is 0 Å². The Bertz CT molecular complexity index is 1440. The second kappa shape index (κ2) is 9.34. The first kappa shape index (κ1) is 25.3. The highest BCUT2D eigenvalue weighted by Gasteiger charge is 2.53. The van der Waals surface area contributed by atoms with Gasteiger partial charge in [-0.05, 0) is 79.1 Å². The second-order valence-electron chi connectivity index (χ2n) is 10.5. The van der Waals surface area contributed by atoms with E-state index in [1.165, 1.54) is 12.1 Å². The normalized spacial score (nSPS) is 24.1. The Morgan fingerprint density at radius 2 is 1.59 bits per heavy atom. The average molecular weight is 536 g/mol. The summed E-state index contributed by atoms with van der Waals surface area (Å²) in [6.45, 7) is 1.84. The fourth-order valence-corrected chi connectivity index (χ4v) is 5.60. The molecule has 3 aromatic rings. The first-order chi connectivity index (χ1) is 18.6. The zero-order chi connectivity index (χ0) is 27.4. The first-order valence-electron chi connectivity index (χ1n) is 12.9. The summed E-state index contributed by atoms with van der Waals surface area (Å²) in [5, 5.41) is 12.8. The molecule has 2 fully saturated rings. The molecule has 39 heavy (non-hydrogen) atoms. The van der Waals surface area contributed by atoms with Crippen molar-refractivity contribution in [3.8, 4) is 11.5 Å². The average Bonchev–Trinajstić information content (AvgIpc) is 3.65. The minimum atomic E-state index is -3.72. The highest BCUT2D eigenvalue weighted by molar-refractivity contribution is 5.91. The summed E-state index contributed by atoms with van der Waals surface area (Å²) in [6, 6.07) is 19.1. The number of halogens is 2. The molecule has 0 radical (unpaired) electrons. The number of carboxylic acids is 1. The molecule has 2 heterocycles. The molecule has 1 saturated carbocycles. The van der Waals surface area contributed by atoms with E-state index < -0.39 is 23.8 Å². The van der Waals surface area contributed by atoms with Crippen LogP contribution in [0.25, 0.3) is 0 Å². The van der Waals surface area contributed by atoms with Gasteiger partial charge in [-0.15, -0.1) is 8.78 Å². The predicted molar refractivity (Wildman–Crippen MR) is 136 cm³/mol. The molecule has 0 unspecified atom stereocenters. The number of aryl methyl sites for hydroxylation is 1. The van der Waals surface area contributed by atoms with Crippen LogP contribution in [0.4, 0.5) is 8.78 Å².